The van der Waals surface area contributed by atoms with E-state index < -0.39 is 5.79 Å². The van der Waals surface area contributed by atoms with E-state index in [9.17, 15) is 5.26 Å². The quantitative estimate of drug-likeness (QED) is 0.793. The third kappa shape index (κ3) is 2.70. The van der Waals surface area contributed by atoms with Crippen molar-refractivity contribution in [2.45, 2.75) is 25.0 Å². The highest BCUT2D eigenvalue weighted by atomic mass is 32.1. The standard InChI is InChI=1S/C18H16N2O2S/c19-11-15-14-6-7-18(21-8-9-22-18)10-16(14)23-17(15)20-12-13-4-2-1-3-5-13/h1-5,12H,6-10H2. The van der Waals surface area contributed by atoms with Crippen molar-refractivity contribution in [2.75, 3.05) is 13.2 Å². The van der Waals surface area contributed by atoms with E-state index >= 15 is 0 Å². The molecule has 1 fully saturated rings. The Hall–Kier alpha value is -2.00. The predicted molar refractivity (Wildman–Crippen MR) is 89.4 cm³/mol. The van der Waals surface area contributed by atoms with Crippen LogP contribution >= 0.6 is 11.3 Å². The highest BCUT2D eigenvalue weighted by Crippen LogP contribution is 2.44. The molecule has 0 atom stereocenters. The zero-order chi connectivity index (χ0) is 15.7. The van der Waals surface area contributed by atoms with Crippen molar-refractivity contribution in [1.82, 2.24) is 0 Å². The average Bonchev–Trinajstić information content (AvgIpc) is 3.18. The van der Waals surface area contributed by atoms with Gasteiger partial charge in [0, 0.05) is 23.9 Å². The van der Waals surface area contributed by atoms with E-state index in [2.05, 4.69) is 11.1 Å². The van der Waals surface area contributed by atoms with Gasteiger partial charge in [-0.05, 0) is 17.5 Å². The topological polar surface area (TPSA) is 54.6 Å². The fourth-order valence-electron chi connectivity index (χ4n) is 3.18. The van der Waals surface area contributed by atoms with Gasteiger partial charge in [-0.15, -0.1) is 11.3 Å². The number of benzene rings is 1. The maximum atomic E-state index is 9.54. The summed E-state index contributed by atoms with van der Waals surface area (Å²) in [5, 5.41) is 10.3. The molecular weight excluding hydrogens is 308 g/mol. The van der Waals surface area contributed by atoms with E-state index in [-0.39, 0.29) is 0 Å². The lowest BCUT2D eigenvalue weighted by atomic mass is 9.91. The van der Waals surface area contributed by atoms with Gasteiger partial charge in [0.2, 0.25) is 0 Å². The van der Waals surface area contributed by atoms with Gasteiger partial charge < -0.3 is 9.47 Å². The van der Waals surface area contributed by atoms with E-state index in [0.717, 1.165) is 35.4 Å². The van der Waals surface area contributed by atoms with Crippen molar-refractivity contribution < 1.29 is 9.47 Å². The fraction of sp³-hybridized carbons (Fsp3) is 0.333. The summed E-state index contributed by atoms with van der Waals surface area (Å²) in [4.78, 5) is 5.73. The van der Waals surface area contributed by atoms with Gasteiger partial charge >= 0.3 is 0 Å². The SMILES string of the molecule is N#Cc1c(N=Cc2ccccc2)sc2c1CCC1(C2)OCCO1. The summed E-state index contributed by atoms with van der Waals surface area (Å²) in [6, 6.07) is 12.3. The molecule has 0 N–H and O–H groups in total. The van der Waals surface area contributed by atoms with Gasteiger partial charge in [0.25, 0.3) is 0 Å². The van der Waals surface area contributed by atoms with Crippen LogP contribution < -0.4 is 0 Å². The smallest absolute Gasteiger partial charge is 0.173 e. The normalized spacial score (nSPS) is 19.1. The van der Waals surface area contributed by atoms with E-state index in [4.69, 9.17) is 9.47 Å². The molecule has 5 heteroatoms. The van der Waals surface area contributed by atoms with Crippen molar-refractivity contribution in [3.63, 3.8) is 0 Å². The monoisotopic (exact) mass is 324 g/mol. The van der Waals surface area contributed by atoms with Crippen molar-refractivity contribution >= 4 is 22.6 Å². The van der Waals surface area contributed by atoms with Crippen LogP contribution in [0.25, 0.3) is 0 Å². The summed E-state index contributed by atoms with van der Waals surface area (Å²) in [5.74, 6) is -0.467. The minimum atomic E-state index is -0.467. The summed E-state index contributed by atoms with van der Waals surface area (Å²) in [5.41, 5.74) is 2.87. The number of aliphatic imine (C=N–C) groups is 1. The highest BCUT2D eigenvalue weighted by Gasteiger charge is 2.41. The highest BCUT2D eigenvalue weighted by molar-refractivity contribution is 7.16. The molecule has 0 unspecified atom stereocenters. The van der Waals surface area contributed by atoms with E-state index in [1.54, 1.807) is 11.3 Å². The fourth-order valence-corrected chi connectivity index (χ4v) is 4.40. The number of nitrogens with zero attached hydrogens (tertiary/aromatic N) is 2. The number of rotatable bonds is 2. The van der Waals surface area contributed by atoms with Crippen LogP contribution in [0.15, 0.2) is 35.3 Å². The largest absolute Gasteiger partial charge is 0.347 e. The third-order valence-corrected chi connectivity index (χ3v) is 5.45. The molecule has 1 saturated heterocycles. The number of fused-ring (bicyclic) bond motifs is 1. The summed E-state index contributed by atoms with van der Waals surface area (Å²) in [6.07, 6.45) is 4.17. The van der Waals surface area contributed by atoms with Crippen LogP contribution in [0.1, 0.15) is 28.0 Å². The number of hydrogen-bond acceptors (Lipinski definition) is 5. The summed E-state index contributed by atoms with van der Waals surface area (Å²) in [7, 11) is 0. The lowest BCUT2D eigenvalue weighted by Crippen LogP contribution is -2.36. The lowest BCUT2D eigenvalue weighted by molar-refractivity contribution is -0.163. The van der Waals surface area contributed by atoms with E-state index in [1.807, 2.05) is 36.5 Å². The minimum absolute atomic E-state index is 0.467. The van der Waals surface area contributed by atoms with Gasteiger partial charge in [0.1, 0.15) is 11.1 Å². The predicted octanol–water partition coefficient (Wildman–Crippen LogP) is 3.60. The maximum absolute atomic E-state index is 9.54. The van der Waals surface area contributed by atoms with Gasteiger partial charge in [-0.3, -0.25) is 0 Å². The van der Waals surface area contributed by atoms with Gasteiger partial charge in [-0.2, -0.15) is 5.26 Å². The van der Waals surface area contributed by atoms with Gasteiger partial charge in [-0.1, -0.05) is 30.3 Å². The molecule has 1 spiro atoms. The Morgan fingerprint density at radius 1 is 1.22 bits per heavy atom. The van der Waals surface area contributed by atoms with Crippen LogP contribution in [-0.2, 0) is 22.3 Å². The molecular formula is C18H16N2O2S. The first-order valence-electron chi connectivity index (χ1n) is 7.71. The third-order valence-electron chi connectivity index (χ3n) is 4.31. The summed E-state index contributed by atoms with van der Waals surface area (Å²) < 4.78 is 11.6. The average molecular weight is 324 g/mol. The molecule has 0 amide bonds. The van der Waals surface area contributed by atoms with Crippen LogP contribution in [0, 0.1) is 11.3 Å². The summed E-state index contributed by atoms with van der Waals surface area (Å²) in [6.45, 7) is 1.32. The van der Waals surface area contributed by atoms with Crippen molar-refractivity contribution in [3.05, 3.63) is 51.9 Å². The zero-order valence-electron chi connectivity index (χ0n) is 12.6. The van der Waals surface area contributed by atoms with Crippen LogP contribution in [0.2, 0.25) is 0 Å². The molecule has 0 radical (unpaired) electrons. The van der Waals surface area contributed by atoms with Gasteiger partial charge in [0.05, 0.1) is 18.8 Å². The second kappa shape index (κ2) is 5.89. The Morgan fingerprint density at radius 3 is 2.74 bits per heavy atom. The molecule has 1 aromatic heterocycles. The molecule has 2 aliphatic rings. The molecule has 23 heavy (non-hydrogen) atoms. The van der Waals surface area contributed by atoms with Gasteiger partial charge in [0.15, 0.2) is 5.79 Å². The van der Waals surface area contributed by atoms with Crippen LogP contribution in [0.4, 0.5) is 5.00 Å². The van der Waals surface area contributed by atoms with Crippen molar-refractivity contribution in [1.29, 1.82) is 5.26 Å². The van der Waals surface area contributed by atoms with Crippen molar-refractivity contribution in [3.8, 4) is 6.07 Å². The number of nitriles is 1. The number of hydrogen-bond donors (Lipinski definition) is 0. The van der Waals surface area contributed by atoms with Crippen LogP contribution in [0.5, 0.6) is 0 Å². The molecule has 2 heterocycles. The number of thiophene rings is 1. The Morgan fingerprint density at radius 2 is 2.00 bits per heavy atom. The summed E-state index contributed by atoms with van der Waals surface area (Å²) >= 11 is 1.59. The molecule has 4 nitrogen and oxygen atoms in total. The minimum Gasteiger partial charge on any atom is -0.347 e. The molecule has 0 saturated carbocycles. The lowest BCUT2D eigenvalue weighted by Gasteiger charge is -2.31. The zero-order valence-corrected chi connectivity index (χ0v) is 13.4. The first-order valence-corrected chi connectivity index (χ1v) is 8.53. The molecule has 116 valence electrons. The molecule has 1 aliphatic heterocycles. The molecule has 1 aromatic carbocycles. The van der Waals surface area contributed by atoms with Gasteiger partial charge in [-0.25, -0.2) is 4.99 Å². The Kier molecular flexibility index (Phi) is 3.74. The maximum Gasteiger partial charge on any atom is 0.173 e. The Bertz CT molecular complexity index is 783. The van der Waals surface area contributed by atoms with E-state index in [0.29, 0.717) is 18.8 Å². The Balaban J connectivity index is 1.66. The van der Waals surface area contributed by atoms with Crippen LogP contribution in [-0.4, -0.2) is 25.2 Å². The van der Waals surface area contributed by atoms with E-state index in [1.165, 1.54) is 4.88 Å². The van der Waals surface area contributed by atoms with Crippen molar-refractivity contribution in [2.24, 2.45) is 4.99 Å². The molecule has 1 aliphatic carbocycles. The molecule has 4 rings (SSSR count). The molecule has 2 aromatic rings. The second-order valence-corrected chi connectivity index (χ2v) is 6.83. The molecule has 0 bridgehead atoms. The first kappa shape index (κ1) is 14.6. The van der Waals surface area contributed by atoms with Crippen LogP contribution in [0.3, 0.4) is 0 Å². The number of ether oxygens (including phenoxy) is 2. The Labute approximate surface area is 139 Å². The second-order valence-electron chi connectivity index (χ2n) is 5.75. The first-order chi connectivity index (χ1) is 11.3.